The SMILES string of the molecule is CC(C)(C)OC(=O)NCCCCC(NC(=O)CNC(=O)OCC1c2ccccc2-c2ccccc21)C(=O)NC(CCC(=O)NC(CCC(=O)O)C(=O)O)C(=O)NC(CCC(=O)O)C(=O)O. The maximum absolute atomic E-state index is 13.9. The molecule has 22 heteroatoms. The lowest BCUT2D eigenvalue weighted by atomic mass is 9.98. The normalized spacial score (nSPS) is 13.5. The van der Waals surface area contributed by atoms with Crippen LogP contribution in [0.5, 0.6) is 0 Å². The molecule has 3 rings (SSSR count). The second kappa shape index (κ2) is 25.1. The highest BCUT2D eigenvalue weighted by Crippen LogP contribution is 2.44. The van der Waals surface area contributed by atoms with Crippen LogP contribution in [0.1, 0.15) is 95.6 Å². The summed E-state index contributed by atoms with van der Waals surface area (Å²) < 4.78 is 10.7. The minimum absolute atomic E-state index is 0.0519. The van der Waals surface area contributed by atoms with E-state index in [-0.39, 0.29) is 38.3 Å². The van der Waals surface area contributed by atoms with E-state index < -0.39 is 135 Å². The van der Waals surface area contributed by atoms with Crippen LogP contribution in [0.25, 0.3) is 11.1 Å². The minimum atomic E-state index is -1.75. The van der Waals surface area contributed by atoms with Crippen LogP contribution < -0.4 is 31.9 Å². The summed E-state index contributed by atoms with van der Waals surface area (Å²) in [4.78, 5) is 124. The number of benzene rings is 2. The quantitative estimate of drug-likeness (QED) is 0.0602. The first-order valence-electron chi connectivity index (χ1n) is 20.8. The average Bonchev–Trinajstić information content (AvgIpc) is 3.55. The van der Waals surface area contributed by atoms with E-state index in [0.717, 1.165) is 22.3 Å². The van der Waals surface area contributed by atoms with Gasteiger partial charge in [0.15, 0.2) is 0 Å². The predicted molar refractivity (Wildman–Crippen MR) is 227 cm³/mol. The summed E-state index contributed by atoms with van der Waals surface area (Å²) in [5, 5.41) is 51.1. The van der Waals surface area contributed by atoms with Crippen molar-refractivity contribution in [2.45, 2.75) is 114 Å². The van der Waals surface area contributed by atoms with Crippen molar-refractivity contribution in [3.63, 3.8) is 0 Å². The highest BCUT2D eigenvalue weighted by atomic mass is 16.6. The molecule has 1 aliphatic carbocycles. The first-order chi connectivity index (χ1) is 30.6. The van der Waals surface area contributed by atoms with E-state index in [1.807, 2.05) is 48.5 Å². The number of alkyl carbamates (subject to hydrolysis) is 2. The third kappa shape index (κ3) is 18.2. The van der Waals surface area contributed by atoms with Gasteiger partial charge in [-0.25, -0.2) is 19.2 Å². The Hall–Kier alpha value is -7.26. The number of nitrogens with one attached hydrogen (secondary N) is 6. The van der Waals surface area contributed by atoms with Crippen LogP contribution in [-0.2, 0) is 47.8 Å². The number of rotatable bonds is 26. The maximum atomic E-state index is 13.9. The van der Waals surface area contributed by atoms with Gasteiger partial charge in [-0.05, 0) is 81.5 Å². The lowest BCUT2D eigenvalue weighted by Gasteiger charge is -2.25. The molecule has 2 aromatic carbocycles. The summed E-state index contributed by atoms with van der Waals surface area (Å²) in [7, 11) is 0. The molecule has 354 valence electrons. The van der Waals surface area contributed by atoms with Crippen LogP contribution in [0, 0.1) is 0 Å². The smallest absolute Gasteiger partial charge is 0.407 e. The van der Waals surface area contributed by atoms with Gasteiger partial charge < -0.3 is 61.8 Å². The molecule has 4 unspecified atom stereocenters. The molecule has 1 aliphatic rings. The van der Waals surface area contributed by atoms with E-state index >= 15 is 0 Å². The van der Waals surface area contributed by atoms with Gasteiger partial charge in [0.25, 0.3) is 0 Å². The summed E-state index contributed by atoms with van der Waals surface area (Å²) >= 11 is 0. The zero-order valence-corrected chi connectivity index (χ0v) is 36.2. The van der Waals surface area contributed by atoms with Gasteiger partial charge in [-0.3, -0.25) is 28.8 Å². The molecule has 0 fully saturated rings. The summed E-state index contributed by atoms with van der Waals surface area (Å²) in [6.45, 7) is 4.40. The maximum Gasteiger partial charge on any atom is 0.407 e. The van der Waals surface area contributed by atoms with Gasteiger partial charge in [-0.1, -0.05) is 48.5 Å². The molecule has 0 heterocycles. The fourth-order valence-corrected chi connectivity index (χ4v) is 6.70. The van der Waals surface area contributed by atoms with Gasteiger partial charge in [0.05, 0.1) is 0 Å². The third-order valence-electron chi connectivity index (χ3n) is 9.81. The number of hydrogen-bond donors (Lipinski definition) is 10. The molecule has 0 saturated heterocycles. The van der Waals surface area contributed by atoms with Crippen molar-refractivity contribution < 1.29 is 77.8 Å². The van der Waals surface area contributed by atoms with Gasteiger partial charge in [-0.15, -0.1) is 0 Å². The molecule has 10 N–H and O–H groups in total. The number of aliphatic carboxylic acids is 4. The van der Waals surface area contributed by atoms with Crippen molar-refractivity contribution in [2.24, 2.45) is 0 Å². The van der Waals surface area contributed by atoms with Gasteiger partial charge in [-0.2, -0.15) is 0 Å². The number of carboxylic acids is 4. The van der Waals surface area contributed by atoms with E-state index in [1.54, 1.807) is 20.8 Å². The largest absolute Gasteiger partial charge is 0.481 e. The van der Waals surface area contributed by atoms with E-state index in [9.17, 15) is 58.2 Å². The molecule has 0 aliphatic heterocycles. The Labute approximate surface area is 373 Å². The highest BCUT2D eigenvalue weighted by molar-refractivity contribution is 5.94. The van der Waals surface area contributed by atoms with Crippen LogP contribution in [0.3, 0.4) is 0 Å². The Balaban J connectivity index is 1.75. The van der Waals surface area contributed by atoms with Crippen LogP contribution >= 0.6 is 0 Å². The Morgan fingerprint density at radius 2 is 1.05 bits per heavy atom. The lowest BCUT2D eigenvalue weighted by Crippen LogP contribution is -2.56. The van der Waals surface area contributed by atoms with E-state index in [2.05, 4.69) is 31.9 Å². The van der Waals surface area contributed by atoms with Crippen LogP contribution in [-0.4, -0.2) is 130 Å². The molecule has 0 bridgehead atoms. The Kier molecular flexibility index (Phi) is 20.1. The molecule has 0 radical (unpaired) electrons. The minimum Gasteiger partial charge on any atom is -0.481 e. The molecule has 4 atom stereocenters. The second-order valence-electron chi connectivity index (χ2n) is 16.0. The third-order valence-corrected chi connectivity index (χ3v) is 9.81. The summed E-state index contributed by atoms with van der Waals surface area (Å²) in [6, 6.07) is 8.80. The first-order valence-corrected chi connectivity index (χ1v) is 20.8. The van der Waals surface area contributed by atoms with Crippen molar-refractivity contribution in [2.75, 3.05) is 19.7 Å². The first kappa shape index (κ1) is 52.1. The molecular weight excluding hydrogens is 856 g/mol. The number of fused-ring (bicyclic) bond motifs is 3. The number of unbranched alkanes of at least 4 members (excludes halogenated alkanes) is 1. The fraction of sp³-hybridized carbons (Fsp3) is 0.488. The molecule has 65 heavy (non-hydrogen) atoms. The van der Waals surface area contributed by atoms with Crippen LogP contribution in [0.4, 0.5) is 9.59 Å². The Bertz CT molecular complexity index is 2020. The van der Waals surface area contributed by atoms with Crippen LogP contribution in [0.2, 0.25) is 0 Å². The van der Waals surface area contributed by atoms with E-state index in [0.29, 0.717) is 0 Å². The molecule has 22 nitrogen and oxygen atoms in total. The van der Waals surface area contributed by atoms with Crippen molar-refractivity contribution >= 4 is 59.7 Å². The van der Waals surface area contributed by atoms with Crippen molar-refractivity contribution in [3.8, 4) is 11.1 Å². The molecule has 0 saturated carbocycles. The standard InChI is InChI=1S/C43H56N6O16/c1-43(2,3)65-42(63)44-21-9-8-14-29(46-34(51)22-45-41(62)64-23-28-26-12-6-4-10-24(26)25-11-5-7-13-27(25)28)37(56)48-30(38(57)49-32(40(60)61)17-20-36(54)55)15-18-33(50)47-31(39(58)59)16-19-35(52)53/h4-7,10-13,28-32H,8-9,14-23H2,1-3H3,(H,44,63)(H,45,62)(H,46,51)(H,47,50)(H,48,56)(H,49,57)(H,52,53)(H,54,55)(H,58,59)(H,60,61). The molecule has 2 aromatic rings. The highest BCUT2D eigenvalue weighted by Gasteiger charge is 2.32. The summed E-state index contributed by atoms with van der Waals surface area (Å²) in [6.07, 6.45) is -4.85. The molecular formula is C43H56N6O16. The Morgan fingerprint density at radius 1 is 0.569 bits per heavy atom. The zero-order valence-electron chi connectivity index (χ0n) is 36.2. The van der Waals surface area contributed by atoms with E-state index in [1.165, 1.54) is 0 Å². The monoisotopic (exact) mass is 912 g/mol. The van der Waals surface area contributed by atoms with Gasteiger partial charge in [0, 0.05) is 31.7 Å². The number of carbonyl (C=O) groups excluding carboxylic acids is 6. The Morgan fingerprint density at radius 3 is 1.57 bits per heavy atom. The molecule has 6 amide bonds. The van der Waals surface area contributed by atoms with Crippen molar-refractivity contribution in [1.82, 2.24) is 31.9 Å². The summed E-state index contributed by atoms with van der Waals surface area (Å²) in [5.74, 6) is -10.1. The number of ether oxygens (including phenoxy) is 2. The van der Waals surface area contributed by atoms with Gasteiger partial charge >= 0.3 is 36.1 Å². The predicted octanol–water partition coefficient (Wildman–Crippen LogP) is 1.84. The van der Waals surface area contributed by atoms with Crippen LogP contribution in [0.15, 0.2) is 48.5 Å². The van der Waals surface area contributed by atoms with Crippen molar-refractivity contribution in [1.29, 1.82) is 0 Å². The van der Waals surface area contributed by atoms with Gasteiger partial charge in [0.1, 0.15) is 42.9 Å². The van der Waals surface area contributed by atoms with Gasteiger partial charge in [0.2, 0.25) is 23.6 Å². The average molecular weight is 913 g/mol. The topological polar surface area (TPSA) is 342 Å². The second-order valence-corrected chi connectivity index (χ2v) is 16.0. The fourth-order valence-electron chi connectivity index (χ4n) is 6.70. The number of carbonyl (C=O) groups is 10. The molecule has 0 spiro atoms. The zero-order chi connectivity index (χ0) is 48.3. The summed E-state index contributed by atoms with van der Waals surface area (Å²) in [5.41, 5.74) is 3.16. The van der Waals surface area contributed by atoms with Crippen molar-refractivity contribution in [3.05, 3.63) is 59.7 Å². The van der Waals surface area contributed by atoms with E-state index in [4.69, 9.17) is 19.7 Å². The molecule has 0 aromatic heterocycles. The number of amides is 6. The number of carboxylic acid groups (broad SMARTS) is 4. The number of hydrogen-bond acceptors (Lipinski definition) is 12. The lowest BCUT2D eigenvalue weighted by molar-refractivity contribution is -0.144.